The maximum absolute atomic E-state index is 13.9. The van der Waals surface area contributed by atoms with Crippen molar-refractivity contribution in [3.63, 3.8) is 0 Å². The highest BCUT2D eigenvalue weighted by atomic mass is 127. The van der Waals surface area contributed by atoms with Crippen LogP contribution in [0.1, 0.15) is 48.9 Å². The lowest BCUT2D eigenvalue weighted by Gasteiger charge is -2.17. The van der Waals surface area contributed by atoms with E-state index in [0.717, 1.165) is 37.1 Å². The number of hydrogen-bond acceptors (Lipinski definition) is 6. The molecule has 7 nitrogen and oxygen atoms in total. The van der Waals surface area contributed by atoms with Crippen LogP contribution in [0.2, 0.25) is 10.0 Å². The minimum absolute atomic E-state index is 0.194. The van der Waals surface area contributed by atoms with E-state index >= 15 is 0 Å². The Bertz CT molecular complexity index is 1970. The van der Waals surface area contributed by atoms with Gasteiger partial charge in [-0.2, -0.15) is 9.78 Å². The molecule has 5 rings (SSSR count). The summed E-state index contributed by atoms with van der Waals surface area (Å²) in [6.45, 7) is 8.81. The first-order chi connectivity index (χ1) is 21.6. The van der Waals surface area contributed by atoms with Gasteiger partial charge in [-0.25, -0.2) is 4.98 Å². The summed E-state index contributed by atoms with van der Waals surface area (Å²) >= 11 is 14.5. The molecule has 0 saturated carbocycles. The molecule has 0 spiro atoms. The van der Waals surface area contributed by atoms with Crippen LogP contribution in [0.5, 0.6) is 17.2 Å². The van der Waals surface area contributed by atoms with Crippen molar-refractivity contribution >= 4 is 62.9 Å². The first-order valence-electron chi connectivity index (χ1n) is 14.4. The minimum atomic E-state index is -0.269. The molecular formula is C35H32Cl2IN3O4. The van der Waals surface area contributed by atoms with E-state index in [4.69, 9.17) is 47.5 Å². The Morgan fingerprint density at radius 1 is 1.00 bits per heavy atom. The van der Waals surface area contributed by atoms with Gasteiger partial charge in [-0.3, -0.25) is 4.79 Å². The average Bonchev–Trinajstić information content (AvgIpc) is 3.01. The van der Waals surface area contributed by atoms with Crippen LogP contribution in [0.3, 0.4) is 0 Å². The molecular weight excluding hydrogens is 724 g/mol. The normalized spacial score (nSPS) is 11.5. The predicted molar refractivity (Wildman–Crippen MR) is 191 cm³/mol. The largest absolute Gasteiger partial charge is 0.496 e. The van der Waals surface area contributed by atoms with Gasteiger partial charge in [-0.05, 0) is 113 Å². The number of halogens is 3. The number of fused-ring (bicyclic) bond motifs is 1. The molecule has 0 unspecified atom stereocenters. The van der Waals surface area contributed by atoms with Crippen LogP contribution in [0.15, 0.2) is 76.6 Å². The topological polar surface area (TPSA) is 74.9 Å². The number of benzene rings is 4. The maximum Gasteiger partial charge on any atom is 0.282 e. The molecule has 232 valence electrons. The average molecular weight is 756 g/mol. The Balaban J connectivity index is 1.58. The fourth-order valence-corrected chi connectivity index (χ4v) is 6.05. The Kier molecular flexibility index (Phi) is 10.4. The minimum Gasteiger partial charge on any atom is -0.496 e. The van der Waals surface area contributed by atoms with Gasteiger partial charge in [0.25, 0.3) is 5.56 Å². The highest BCUT2D eigenvalue weighted by molar-refractivity contribution is 14.1. The summed E-state index contributed by atoms with van der Waals surface area (Å²) in [5.74, 6) is 2.59. The molecule has 5 aromatic rings. The number of aryl methyl sites for hydroxylation is 1. The zero-order valence-corrected chi connectivity index (χ0v) is 29.2. The summed E-state index contributed by atoms with van der Waals surface area (Å²) in [4.78, 5) is 18.8. The van der Waals surface area contributed by atoms with Crippen LogP contribution in [0.4, 0.5) is 0 Å². The lowest BCUT2D eigenvalue weighted by Crippen LogP contribution is -2.21. The fraction of sp³-hybridized carbons (Fsp3) is 0.229. The van der Waals surface area contributed by atoms with Crippen LogP contribution >= 0.6 is 45.8 Å². The Hall–Kier alpha value is -3.60. The predicted octanol–water partition coefficient (Wildman–Crippen LogP) is 9.28. The van der Waals surface area contributed by atoms with Gasteiger partial charge in [0.2, 0.25) is 0 Å². The van der Waals surface area contributed by atoms with Crippen molar-refractivity contribution in [3.05, 3.63) is 113 Å². The van der Waals surface area contributed by atoms with Gasteiger partial charge >= 0.3 is 0 Å². The highest BCUT2D eigenvalue weighted by Gasteiger charge is 2.19. The summed E-state index contributed by atoms with van der Waals surface area (Å²) in [7, 11) is 1.66. The van der Waals surface area contributed by atoms with Crippen molar-refractivity contribution in [3.8, 4) is 28.6 Å². The summed E-state index contributed by atoms with van der Waals surface area (Å²) in [5.41, 5.74) is 4.66. The summed E-state index contributed by atoms with van der Waals surface area (Å²) < 4.78 is 20.0. The SMILES string of the molecule is CCOc1cc(C=Nn2c(-c3cc(C(C)C)c(OC)cc3C)nc3ccccc3c2=O)cc(I)c1OCc1ccc(Cl)c(Cl)c1. The molecule has 0 aliphatic carbocycles. The monoisotopic (exact) mass is 755 g/mol. The second kappa shape index (κ2) is 14.2. The smallest absolute Gasteiger partial charge is 0.282 e. The van der Waals surface area contributed by atoms with Crippen LogP contribution in [0, 0.1) is 10.5 Å². The summed E-state index contributed by atoms with van der Waals surface area (Å²) in [6.07, 6.45) is 1.64. The third kappa shape index (κ3) is 7.13. The lowest BCUT2D eigenvalue weighted by molar-refractivity contribution is 0.267. The second-order valence-electron chi connectivity index (χ2n) is 10.7. The van der Waals surface area contributed by atoms with Crippen LogP contribution in [-0.4, -0.2) is 29.6 Å². The molecule has 0 N–H and O–H groups in total. The number of ether oxygens (including phenoxy) is 3. The standard InChI is InChI=1S/C35H32Cl2IN3O4/c1-6-44-32-16-23(15-29(38)33(32)45-19-22-11-12-27(36)28(37)14-22)18-39-41-34(40-30-10-8-7-9-24(30)35(41)42)26-17-25(20(2)3)31(43-5)13-21(26)4/h7-18,20H,6,19H2,1-5H3. The third-order valence-corrected chi connectivity index (χ3v) is 8.75. The summed E-state index contributed by atoms with van der Waals surface area (Å²) in [6, 6.07) is 20.5. The molecule has 10 heteroatoms. The lowest BCUT2D eigenvalue weighted by atomic mass is 9.96. The van der Waals surface area contributed by atoms with Crippen molar-refractivity contribution in [1.29, 1.82) is 0 Å². The molecule has 45 heavy (non-hydrogen) atoms. The number of nitrogens with zero attached hydrogens (tertiary/aromatic N) is 3. The van der Waals surface area contributed by atoms with Gasteiger partial charge < -0.3 is 14.2 Å². The Labute approximate surface area is 285 Å². The molecule has 0 atom stereocenters. The van der Waals surface area contributed by atoms with E-state index in [1.54, 1.807) is 31.5 Å². The number of aromatic nitrogens is 2. The molecule has 0 aliphatic heterocycles. The molecule has 1 aromatic heterocycles. The molecule has 0 bridgehead atoms. The Morgan fingerprint density at radius 2 is 1.78 bits per heavy atom. The first-order valence-corrected chi connectivity index (χ1v) is 16.2. The molecule has 4 aromatic carbocycles. The molecule has 0 fully saturated rings. The first kappa shape index (κ1) is 32.8. The second-order valence-corrected chi connectivity index (χ2v) is 12.7. The van der Waals surface area contributed by atoms with Crippen LogP contribution < -0.4 is 19.8 Å². The zero-order valence-electron chi connectivity index (χ0n) is 25.5. The Morgan fingerprint density at radius 3 is 2.49 bits per heavy atom. The molecule has 0 amide bonds. The van der Waals surface area contributed by atoms with Gasteiger partial charge in [-0.1, -0.05) is 55.2 Å². The van der Waals surface area contributed by atoms with E-state index in [9.17, 15) is 4.79 Å². The van der Waals surface area contributed by atoms with Crippen LogP contribution in [-0.2, 0) is 6.61 Å². The van der Waals surface area contributed by atoms with Gasteiger partial charge in [-0.15, -0.1) is 0 Å². The van der Waals surface area contributed by atoms with E-state index in [1.807, 2.05) is 62.4 Å². The number of rotatable bonds is 10. The molecule has 0 radical (unpaired) electrons. The van der Waals surface area contributed by atoms with Crippen LogP contribution in [0.25, 0.3) is 22.3 Å². The zero-order chi connectivity index (χ0) is 32.2. The fourth-order valence-electron chi connectivity index (χ4n) is 4.95. The van der Waals surface area contributed by atoms with E-state index < -0.39 is 0 Å². The summed E-state index contributed by atoms with van der Waals surface area (Å²) in [5, 5.41) is 6.13. The third-order valence-electron chi connectivity index (χ3n) is 7.21. The van der Waals surface area contributed by atoms with Crippen molar-refractivity contribution in [2.45, 2.75) is 40.2 Å². The van der Waals surface area contributed by atoms with E-state index in [-0.39, 0.29) is 18.1 Å². The van der Waals surface area contributed by atoms with E-state index in [2.05, 4.69) is 36.4 Å². The van der Waals surface area contributed by atoms with Gasteiger partial charge in [0, 0.05) is 5.56 Å². The van der Waals surface area contributed by atoms with Crippen molar-refractivity contribution < 1.29 is 14.2 Å². The number of hydrogen-bond donors (Lipinski definition) is 0. The van der Waals surface area contributed by atoms with Crippen molar-refractivity contribution in [2.24, 2.45) is 5.10 Å². The molecule has 0 aliphatic rings. The molecule has 1 heterocycles. The van der Waals surface area contributed by atoms with Gasteiger partial charge in [0.05, 0.1) is 44.4 Å². The number of para-hydroxylation sites is 1. The van der Waals surface area contributed by atoms with E-state index in [1.165, 1.54) is 4.68 Å². The van der Waals surface area contributed by atoms with Crippen molar-refractivity contribution in [2.75, 3.05) is 13.7 Å². The number of methoxy groups -OCH3 is 1. The van der Waals surface area contributed by atoms with Gasteiger partial charge in [0.15, 0.2) is 17.3 Å². The maximum atomic E-state index is 13.9. The highest BCUT2D eigenvalue weighted by Crippen LogP contribution is 2.36. The quantitative estimate of drug-likeness (QED) is 0.105. The van der Waals surface area contributed by atoms with Crippen molar-refractivity contribution in [1.82, 2.24) is 9.66 Å². The molecule has 0 saturated heterocycles. The van der Waals surface area contributed by atoms with Gasteiger partial charge in [0.1, 0.15) is 12.4 Å². The van der Waals surface area contributed by atoms with E-state index in [0.29, 0.717) is 44.9 Å².